The van der Waals surface area contributed by atoms with Crippen LogP contribution in [-0.4, -0.2) is 16.9 Å². The number of hydrogen-bond acceptors (Lipinski definition) is 4. The maximum Gasteiger partial charge on any atom is 0.266 e. The number of nitrogens with two attached hydrogens (primary N) is 1. The Morgan fingerprint density at radius 1 is 1.50 bits per heavy atom. The smallest absolute Gasteiger partial charge is 0.266 e. The lowest BCUT2D eigenvalue weighted by Crippen LogP contribution is -2.30. The fraction of sp³-hybridized carbons (Fsp3) is 0.333. The number of carbonyl (C=O) groups is 1. The van der Waals surface area contributed by atoms with Gasteiger partial charge in [0.05, 0.1) is 5.56 Å². The summed E-state index contributed by atoms with van der Waals surface area (Å²) >= 11 is 0. The second-order valence-corrected chi connectivity index (χ2v) is 3.32. The van der Waals surface area contributed by atoms with E-state index in [0.717, 1.165) is 5.82 Å². The molecule has 0 saturated heterocycles. The maximum atomic E-state index is 11.1. The van der Waals surface area contributed by atoms with Crippen molar-refractivity contribution in [2.45, 2.75) is 18.9 Å². The van der Waals surface area contributed by atoms with Gasteiger partial charge in [-0.15, -0.1) is 0 Å². The van der Waals surface area contributed by atoms with Crippen molar-refractivity contribution in [2.75, 3.05) is 5.32 Å². The number of hydrogen-bond donors (Lipinski definition) is 3. The minimum absolute atomic E-state index is 0.324. The summed E-state index contributed by atoms with van der Waals surface area (Å²) in [6.07, 6.45) is 3.91. The molecule has 1 aliphatic carbocycles. The number of nitrogens with zero attached hydrogens (tertiary/aromatic N) is 1. The number of hydrazine groups is 1. The van der Waals surface area contributed by atoms with Gasteiger partial charge in [0.25, 0.3) is 5.91 Å². The average Bonchev–Trinajstić information content (AvgIpc) is 3.02. The molecule has 1 aromatic rings. The maximum absolute atomic E-state index is 11.1. The molecule has 1 saturated carbocycles. The Morgan fingerprint density at radius 3 is 2.79 bits per heavy atom. The topological polar surface area (TPSA) is 80.0 Å². The summed E-state index contributed by atoms with van der Waals surface area (Å²) in [5.74, 6) is 5.47. The van der Waals surface area contributed by atoms with Gasteiger partial charge in [-0.3, -0.25) is 10.2 Å². The highest BCUT2D eigenvalue weighted by Gasteiger charge is 2.21. The van der Waals surface area contributed by atoms with Gasteiger partial charge in [0.1, 0.15) is 5.82 Å². The first-order valence-electron chi connectivity index (χ1n) is 4.53. The van der Waals surface area contributed by atoms with E-state index >= 15 is 0 Å². The molecule has 0 unspecified atom stereocenters. The van der Waals surface area contributed by atoms with Crippen LogP contribution in [0.3, 0.4) is 0 Å². The van der Waals surface area contributed by atoms with Gasteiger partial charge in [-0.2, -0.15) is 0 Å². The minimum Gasteiger partial charge on any atom is -0.367 e. The summed E-state index contributed by atoms with van der Waals surface area (Å²) in [6.45, 7) is 0. The number of nitrogen functional groups attached to an aromatic ring is 1. The summed E-state index contributed by atoms with van der Waals surface area (Å²) < 4.78 is 0. The Hall–Kier alpha value is -1.62. The van der Waals surface area contributed by atoms with Gasteiger partial charge < -0.3 is 5.32 Å². The second kappa shape index (κ2) is 3.63. The van der Waals surface area contributed by atoms with Crippen LogP contribution in [0.1, 0.15) is 23.2 Å². The van der Waals surface area contributed by atoms with Crippen molar-refractivity contribution in [1.29, 1.82) is 0 Å². The predicted octanol–water partition coefficient (Wildman–Crippen LogP) is 0.259. The second-order valence-electron chi connectivity index (χ2n) is 3.32. The third-order valence-electron chi connectivity index (χ3n) is 2.09. The SMILES string of the molecule is NNC(=O)c1ccc(NC2CC2)nc1. The molecule has 1 aliphatic rings. The number of pyridine rings is 1. The first kappa shape index (κ1) is 8.96. The molecule has 4 N–H and O–H groups in total. The van der Waals surface area contributed by atoms with Gasteiger partial charge in [0, 0.05) is 12.2 Å². The Kier molecular flexibility index (Phi) is 2.32. The molecule has 74 valence electrons. The molecule has 0 aromatic carbocycles. The summed E-state index contributed by atoms with van der Waals surface area (Å²) in [4.78, 5) is 15.2. The molecule has 5 heteroatoms. The Bertz CT molecular complexity index is 331. The van der Waals surface area contributed by atoms with Crippen molar-refractivity contribution in [3.8, 4) is 0 Å². The first-order valence-corrected chi connectivity index (χ1v) is 4.53. The number of amides is 1. The molecule has 0 spiro atoms. The van der Waals surface area contributed by atoms with Crippen LogP contribution in [0, 0.1) is 0 Å². The van der Waals surface area contributed by atoms with Crippen LogP contribution >= 0.6 is 0 Å². The van der Waals surface area contributed by atoms with Gasteiger partial charge in [-0.05, 0) is 25.0 Å². The first-order chi connectivity index (χ1) is 6.79. The fourth-order valence-electron chi connectivity index (χ4n) is 1.13. The lowest BCUT2D eigenvalue weighted by atomic mass is 10.3. The Balaban J connectivity index is 2.04. The highest BCUT2D eigenvalue weighted by atomic mass is 16.2. The Labute approximate surface area is 81.7 Å². The molecule has 1 heterocycles. The third-order valence-corrected chi connectivity index (χ3v) is 2.09. The normalized spacial score (nSPS) is 14.9. The zero-order valence-corrected chi connectivity index (χ0v) is 7.66. The predicted molar refractivity (Wildman–Crippen MR) is 52.5 cm³/mol. The third kappa shape index (κ3) is 2.00. The molecule has 1 fully saturated rings. The van der Waals surface area contributed by atoms with Gasteiger partial charge in [-0.25, -0.2) is 10.8 Å². The van der Waals surface area contributed by atoms with Gasteiger partial charge >= 0.3 is 0 Å². The number of carbonyl (C=O) groups excluding carboxylic acids is 1. The van der Waals surface area contributed by atoms with Crippen LogP contribution in [0.4, 0.5) is 5.82 Å². The van der Waals surface area contributed by atoms with Crippen molar-refractivity contribution < 1.29 is 4.79 Å². The minimum atomic E-state index is -0.324. The molecule has 1 aromatic heterocycles. The van der Waals surface area contributed by atoms with Gasteiger partial charge in [0.15, 0.2) is 0 Å². The van der Waals surface area contributed by atoms with Crippen molar-refractivity contribution >= 4 is 11.7 Å². The number of nitrogens with one attached hydrogen (secondary N) is 2. The van der Waals surface area contributed by atoms with E-state index in [0.29, 0.717) is 11.6 Å². The van der Waals surface area contributed by atoms with Crippen molar-refractivity contribution in [2.24, 2.45) is 5.84 Å². The van der Waals surface area contributed by atoms with Crippen LogP contribution in [0.2, 0.25) is 0 Å². The van der Waals surface area contributed by atoms with Crippen LogP contribution in [0.5, 0.6) is 0 Å². The number of aromatic nitrogens is 1. The highest BCUT2D eigenvalue weighted by Crippen LogP contribution is 2.23. The van der Waals surface area contributed by atoms with Crippen molar-refractivity contribution in [3.63, 3.8) is 0 Å². The van der Waals surface area contributed by atoms with Gasteiger partial charge in [0.2, 0.25) is 0 Å². The molecule has 14 heavy (non-hydrogen) atoms. The summed E-state index contributed by atoms with van der Waals surface area (Å²) in [5.41, 5.74) is 2.52. The van der Waals surface area contributed by atoms with E-state index in [-0.39, 0.29) is 5.91 Å². The van der Waals surface area contributed by atoms with Crippen LogP contribution in [-0.2, 0) is 0 Å². The van der Waals surface area contributed by atoms with E-state index in [4.69, 9.17) is 5.84 Å². The molecular formula is C9H12N4O. The fourth-order valence-corrected chi connectivity index (χ4v) is 1.13. The average molecular weight is 192 g/mol. The van der Waals surface area contributed by atoms with E-state index in [1.165, 1.54) is 19.0 Å². The molecule has 0 radical (unpaired) electrons. The van der Waals surface area contributed by atoms with E-state index in [9.17, 15) is 4.79 Å². The molecular weight excluding hydrogens is 180 g/mol. The molecule has 5 nitrogen and oxygen atoms in total. The van der Waals surface area contributed by atoms with Crippen LogP contribution < -0.4 is 16.6 Å². The molecule has 0 aliphatic heterocycles. The summed E-state index contributed by atoms with van der Waals surface area (Å²) in [6, 6.07) is 4.04. The molecule has 2 rings (SSSR count). The largest absolute Gasteiger partial charge is 0.367 e. The van der Waals surface area contributed by atoms with Crippen molar-refractivity contribution in [3.05, 3.63) is 23.9 Å². The van der Waals surface area contributed by atoms with Crippen LogP contribution in [0.15, 0.2) is 18.3 Å². The summed E-state index contributed by atoms with van der Waals surface area (Å²) in [7, 11) is 0. The van der Waals surface area contributed by atoms with Crippen LogP contribution in [0.25, 0.3) is 0 Å². The van der Waals surface area contributed by atoms with E-state index in [1.807, 2.05) is 0 Å². The zero-order chi connectivity index (χ0) is 9.97. The molecule has 0 bridgehead atoms. The van der Waals surface area contributed by atoms with Gasteiger partial charge in [-0.1, -0.05) is 0 Å². The van der Waals surface area contributed by atoms with E-state index < -0.39 is 0 Å². The standard InChI is InChI=1S/C9H12N4O/c10-13-9(14)6-1-4-8(11-5-6)12-7-2-3-7/h1,4-5,7H,2-3,10H2,(H,11,12)(H,13,14). The van der Waals surface area contributed by atoms with E-state index in [2.05, 4.69) is 15.7 Å². The monoisotopic (exact) mass is 192 g/mol. The summed E-state index contributed by atoms with van der Waals surface area (Å²) in [5, 5.41) is 3.23. The molecule has 1 amide bonds. The quantitative estimate of drug-likeness (QED) is 0.364. The highest BCUT2D eigenvalue weighted by molar-refractivity contribution is 5.93. The van der Waals surface area contributed by atoms with Crippen molar-refractivity contribution in [1.82, 2.24) is 10.4 Å². The van der Waals surface area contributed by atoms with E-state index in [1.54, 1.807) is 12.1 Å². The number of anilines is 1. The lowest BCUT2D eigenvalue weighted by Gasteiger charge is -2.03. The lowest BCUT2D eigenvalue weighted by molar-refractivity contribution is 0.0953. The molecule has 0 atom stereocenters. The zero-order valence-electron chi connectivity index (χ0n) is 7.66. The Morgan fingerprint density at radius 2 is 2.29 bits per heavy atom. The number of rotatable bonds is 3.